The quantitative estimate of drug-likeness (QED) is 0.394. The van der Waals surface area contributed by atoms with E-state index < -0.39 is 17.8 Å². The van der Waals surface area contributed by atoms with E-state index in [0.717, 1.165) is 25.8 Å². The van der Waals surface area contributed by atoms with Crippen molar-refractivity contribution >= 4 is 53.0 Å². The predicted octanol–water partition coefficient (Wildman–Crippen LogP) is 5.77. The average molecular weight is 463 g/mol. The number of amides is 4. The van der Waals surface area contributed by atoms with Gasteiger partial charge in [0.15, 0.2) is 0 Å². The molecule has 3 aromatic carbocycles. The van der Waals surface area contributed by atoms with Crippen LogP contribution in [0.4, 0.5) is 10.5 Å². The molecule has 32 heavy (non-hydrogen) atoms. The van der Waals surface area contributed by atoms with Crippen LogP contribution in [0.1, 0.15) is 16.7 Å². The summed E-state index contributed by atoms with van der Waals surface area (Å²) in [4.78, 5) is 41.0. The highest BCUT2D eigenvalue weighted by Crippen LogP contribution is 2.30. The summed E-state index contributed by atoms with van der Waals surface area (Å²) in [5.74, 6) is -1.35. The molecule has 0 radical (unpaired) electrons. The first-order chi connectivity index (χ1) is 15.3. The summed E-state index contributed by atoms with van der Waals surface area (Å²) in [6.07, 6.45) is 1.50. The van der Waals surface area contributed by atoms with Crippen LogP contribution in [0.25, 0.3) is 6.08 Å². The van der Waals surface area contributed by atoms with Gasteiger partial charge in [-0.25, -0.2) is 9.69 Å². The Labute approximate surface area is 195 Å². The van der Waals surface area contributed by atoms with Crippen molar-refractivity contribution in [2.24, 2.45) is 0 Å². The minimum Gasteiger partial charge on any atom is -0.273 e. The zero-order valence-corrected chi connectivity index (χ0v) is 19.0. The largest absolute Gasteiger partial charge is 0.335 e. The van der Waals surface area contributed by atoms with Gasteiger partial charge < -0.3 is 0 Å². The first-order valence-corrected chi connectivity index (χ1v) is 11.0. The number of nitrogens with one attached hydrogen (secondary N) is 1. The monoisotopic (exact) mass is 462 g/mol. The number of rotatable bonds is 4. The predicted molar refractivity (Wildman–Crippen MR) is 127 cm³/mol. The van der Waals surface area contributed by atoms with Gasteiger partial charge in [0.25, 0.3) is 11.8 Å². The average Bonchev–Trinajstić information content (AvgIpc) is 2.77. The molecular formula is C25H19ClN2O3S. The van der Waals surface area contributed by atoms with E-state index in [1.807, 2.05) is 68.4 Å². The van der Waals surface area contributed by atoms with Crippen molar-refractivity contribution in [3.8, 4) is 0 Å². The zero-order chi connectivity index (χ0) is 22.8. The van der Waals surface area contributed by atoms with Gasteiger partial charge in [-0.3, -0.25) is 14.9 Å². The number of benzene rings is 3. The number of hydrogen-bond donors (Lipinski definition) is 1. The van der Waals surface area contributed by atoms with Gasteiger partial charge in [-0.15, -0.1) is 0 Å². The number of nitrogens with zero attached hydrogens (tertiary/aromatic N) is 1. The molecule has 7 heteroatoms. The van der Waals surface area contributed by atoms with Crippen LogP contribution < -0.4 is 10.2 Å². The second-order valence-corrected chi connectivity index (χ2v) is 8.89. The minimum absolute atomic E-state index is 0.0939. The summed E-state index contributed by atoms with van der Waals surface area (Å²) >= 11 is 7.50. The van der Waals surface area contributed by atoms with E-state index in [1.54, 1.807) is 23.9 Å². The highest BCUT2D eigenvalue weighted by molar-refractivity contribution is 7.99. The molecule has 0 saturated carbocycles. The molecule has 0 atom stereocenters. The van der Waals surface area contributed by atoms with Crippen LogP contribution in [0.5, 0.6) is 0 Å². The maximum absolute atomic E-state index is 13.1. The number of anilines is 1. The van der Waals surface area contributed by atoms with Crippen molar-refractivity contribution in [2.45, 2.75) is 23.6 Å². The Balaban J connectivity index is 1.60. The lowest BCUT2D eigenvalue weighted by atomic mass is 10.0. The fraction of sp³-hybridized carbons (Fsp3) is 0.0800. The zero-order valence-electron chi connectivity index (χ0n) is 17.4. The number of carbonyl (C=O) groups is 3. The first kappa shape index (κ1) is 21.9. The molecule has 0 aliphatic carbocycles. The Hall–Kier alpha value is -3.35. The molecule has 1 heterocycles. The smallest absolute Gasteiger partial charge is 0.273 e. The number of urea groups is 1. The highest BCUT2D eigenvalue weighted by atomic mass is 35.5. The molecule has 0 spiro atoms. The molecule has 1 N–H and O–H groups in total. The Bertz CT molecular complexity index is 1250. The molecule has 0 aromatic heterocycles. The van der Waals surface area contributed by atoms with Crippen molar-refractivity contribution in [1.82, 2.24) is 5.32 Å². The molecule has 1 aliphatic rings. The molecule has 0 bridgehead atoms. The van der Waals surface area contributed by atoms with E-state index in [4.69, 9.17) is 11.6 Å². The van der Waals surface area contributed by atoms with Crippen LogP contribution in [-0.4, -0.2) is 17.8 Å². The number of halogens is 1. The lowest BCUT2D eigenvalue weighted by Gasteiger charge is -2.28. The van der Waals surface area contributed by atoms with Crippen LogP contribution in [0, 0.1) is 13.8 Å². The minimum atomic E-state index is -0.749. The second-order valence-electron chi connectivity index (χ2n) is 7.30. The van der Waals surface area contributed by atoms with Crippen LogP contribution in [-0.2, 0) is 9.59 Å². The van der Waals surface area contributed by atoms with Crippen molar-refractivity contribution in [2.75, 3.05) is 4.90 Å². The molecular weight excluding hydrogens is 444 g/mol. The third kappa shape index (κ3) is 4.47. The molecule has 5 nitrogen and oxygen atoms in total. The SMILES string of the molecule is Cc1cccc(N2C(=O)NC(=O)/C(=C\c3ccc(Sc4ccc(Cl)cc4)cc3)C2=O)c1C. The first-order valence-electron chi connectivity index (χ1n) is 9.84. The summed E-state index contributed by atoms with van der Waals surface area (Å²) in [5, 5.41) is 2.95. The number of hydrogen-bond acceptors (Lipinski definition) is 4. The summed E-state index contributed by atoms with van der Waals surface area (Å²) < 4.78 is 0. The Morgan fingerprint density at radius 3 is 2.16 bits per heavy atom. The molecule has 160 valence electrons. The van der Waals surface area contributed by atoms with E-state index in [0.29, 0.717) is 16.3 Å². The van der Waals surface area contributed by atoms with Gasteiger partial charge in [0, 0.05) is 14.8 Å². The molecule has 1 fully saturated rings. The number of aryl methyl sites for hydroxylation is 1. The van der Waals surface area contributed by atoms with Gasteiger partial charge in [0.05, 0.1) is 5.69 Å². The van der Waals surface area contributed by atoms with Crippen molar-refractivity contribution in [3.05, 3.63) is 94.0 Å². The second kappa shape index (κ2) is 9.02. The van der Waals surface area contributed by atoms with Gasteiger partial charge >= 0.3 is 6.03 Å². The van der Waals surface area contributed by atoms with Crippen LogP contribution in [0.15, 0.2) is 82.1 Å². The van der Waals surface area contributed by atoms with Gasteiger partial charge in [0.1, 0.15) is 5.57 Å². The van der Waals surface area contributed by atoms with E-state index in [1.165, 1.54) is 6.08 Å². The van der Waals surface area contributed by atoms with Gasteiger partial charge in [-0.2, -0.15) is 0 Å². The maximum Gasteiger partial charge on any atom is 0.335 e. The topological polar surface area (TPSA) is 66.5 Å². The molecule has 4 amide bonds. The summed E-state index contributed by atoms with van der Waals surface area (Å²) in [7, 11) is 0. The number of carbonyl (C=O) groups excluding carboxylic acids is 3. The lowest BCUT2D eigenvalue weighted by Crippen LogP contribution is -2.54. The normalized spacial score (nSPS) is 15.3. The van der Waals surface area contributed by atoms with E-state index in [2.05, 4.69) is 5.32 Å². The summed E-state index contributed by atoms with van der Waals surface area (Å²) in [6.45, 7) is 3.73. The van der Waals surface area contributed by atoms with E-state index in [-0.39, 0.29) is 5.57 Å². The molecule has 1 aliphatic heterocycles. The fourth-order valence-electron chi connectivity index (χ4n) is 3.29. The van der Waals surface area contributed by atoms with Crippen molar-refractivity contribution in [1.29, 1.82) is 0 Å². The fourth-order valence-corrected chi connectivity index (χ4v) is 4.23. The number of imide groups is 2. The lowest BCUT2D eigenvalue weighted by molar-refractivity contribution is -0.122. The molecule has 3 aromatic rings. The van der Waals surface area contributed by atoms with Crippen LogP contribution >= 0.6 is 23.4 Å². The standard InChI is InChI=1S/C25H19ClN2O3S/c1-15-4-3-5-22(16(15)2)28-24(30)21(23(29)27-25(28)31)14-17-6-10-19(11-7-17)32-20-12-8-18(26)9-13-20/h3-14H,1-2H3,(H,27,29,31)/b21-14+. The summed E-state index contributed by atoms with van der Waals surface area (Å²) in [5.41, 5.74) is 2.79. The van der Waals surface area contributed by atoms with Crippen LogP contribution in [0.3, 0.4) is 0 Å². The maximum atomic E-state index is 13.1. The molecule has 0 unspecified atom stereocenters. The van der Waals surface area contributed by atoms with E-state index >= 15 is 0 Å². The number of barbiturate groups is 1. The third-order valence-electron chi connectivity index (χ3n) is 5.16. The highest BCUT2D eigenvalue weighted by Gasteiger charge is 2.37. The third-order valence-corrected chi connectivity index (χ3v) is 6.43. The Kier molecular flexibility index (Phi) is 6.17. The van der Waals surface area contributed by atoms with Gasteiger partial charge in [0.2, 0.25) is 0 Å². The van der Waals surface area contributed by atoms with E-state index in [9.17, 15) is 14.4 Å². The van der Waals surface area contributed by atoms with Gasteiger partial charge in [-0.05, 0) is 79.1 Å². The Morgan fingerprint density at radius 1 is 0.875 bits per heavy atom. The Morgan fingerprint density at radius 2 is 1.50 bits per heavy atom. The van der Waals surface area contributed by atoms with Crippen molar-refractivity contribution in [3.63, 3.8) is 0 Å². The summed E-state index contributed by atoms with van der Waals surface area (Å²) in [6, 6.07) is 19.6. The van der Waals surface area contributed by atoms with Crippen LogP contribution in [0.2, 0.25) is 5.02 Å². The molecule has 4 rings (SSSR count). The van der Waals surface area contributed by atoms with Gasteiger partial charge in [-0.1, -0.05) is 47.6 Å². The van der Waals surface area contributed by atoms with Crippen molar-refractivity contribution < 1.29 is 14.4 Å². The molecule has 1 saturated heterocycles.